The van der Waals surface area contributed by atoms with Crippen LogP contribution in [0.5, 0.6) is 0 Å². The van der Waals surface area contributed by atoms with Crippen LogP contribution in [0.1, 0.15) is 45.1 Å². The molecule has 0 spiro atoms. The van der Waals surface area contributed by atoms with Crippen molar-refractivity contribution in [2.45, 2.75) is 45.8 Å². The summed E-state index contributed by atoms with van der Waals surface area (Å²) in [5, 5.41) is 9.32. The number of halogens is 1. The van der Waals surface area contributed by atoms with Gasteiger partial charge >= 0.3 is 12.1 Å². The summed E-state index contributed by atoms with van der Waals surface area (Å²) < 4.78 is 11.3. The molecule has 8 nitrogen and oxygen atoms in total. The zero-order valence-corrected chi connectivity index (χ0v) is 19.9. The molecule has 0 atom stereocenters. The van der Waals surface area contributed by atoms with E-state index in [9.17, 15) is 14.7 Å². The zero-order chi connectivity index (χ0) is 22.3. The number of rotatable bonds is 3. The van der Waals surface area contributed by atoms with Gasteiger partial charge in [0.2, 0.25) is 0 Å². The molecule has 30 heavy (non-hydrogen) atoms. The van der Waals surface area contributed by atoms with Gasteiger partial charge in [-0.3, -0.25) is 4.90 Å². The smallest absolute Gasteiger partial charge is 0.410 e. The standard InChI is InChI=1S/C21H26IN3O5/c1-20(2,3)30-19(28)25-11-10-24(12-21(25,4)5)14-8-6-13(7-9-14)16-15(17(26)27)23-18(22)29-16/h6-9H,10-12H2,1-5H3,(H,26,27). The van der Waals surface area contributed by atoms with Crippen LogP contribution >= 0.6 is 22.6 Å². The molecule has 1 saturated heterocycles. The Morgan fingerprint density at radius 1 is 1.20 bits per heavy atom. The lowest BCUT2D eigenvalue weighted by Crippen LogP contribution is -2.61. The van der Waals surface area contributed by atoms with Crippen molar-refractivity contribution >= 4 is 40.3 Å². The molecule has 0 radical (unpaired) electrons. The van der Waals surface area contributed by atoms with E-state index < -0.39 is 17.1 Å². The van der Waals surface area contributed by atoms with Crippen LogP contribution in [0.15, 0.2) is 28.7 Å². The Kier molecular flexibility index (Phi) is 6.03. The Morgan fingerprint density at radius 2 is 1.83 bits per heavy atom. The fraction of sp³-hybridized carbons (Fsp3) is 0.476. The highest BCUT2D eigenvalue weighted by atomic mass is 127. The normalized spacial score (nSPS) is 16.5. The van der Waals surface area contributed by atoms with E-state index in [-0.39, 0.29) is 21.4 Å². The average molecular weight is 527 g/mol. The molecule has 3 rings (SSSR count). The van der Waals surface area contributed by atoms with Gasteiger partial charge in [-0.25, -0.2) is 9.59 Å². The first-order valence-electron chi connectivity index (χ1n) is 9.63. The average Bonchev–Trinajstić information content (AvgIpc) is 3.01. The van der Waals surface area contributed by atoms with E-state index in [1.165, 1.54) is 0 Å². The lowest BCUT2D eigenvalue weighted by Gasteiger charge is -2.47. The van der Waals surface area contributed by atoms with Gasteiger partial charge in [0, 0.05) is 53.5 Å². The Bertz CT molecular complexity index is 947. The summed E-state index contributed by atoms with van der Waals surface area (Å²) in [6.07, 6.45) is -0.302. The number of benzene rings is 1. The van der Waals surface area contributed by atoms with E-state index in [2.05, 4.69) is 9.88 Å². The molecule has 2 heterocycles. The number of aromatic nitrogens is 1. The van der Waals surface area contributed by atoms with Gasteiger partial charge in [0.25, 0.3) is 3.90 Å². The van der Waals surface area contributed by atoms with E-state index in [4.69, 9.17) is 9.15 Å². The van der Waals surface area contributed by atoms with Crippen LogP contribution in [0.4, 0.5) is 10.5 Å². The Morgan fingerprint density at radius 3 is 2.37 bits per heavy atom. The van der Waals surface area contributed by atoms with Crippen LogP contribution in [-0.2, 0) is 4.74 Å². The van der Waals surface area contributed by atoms with Gasteiger partial charge in [0.05, 0.1) is 5.54 Å². The number of hydrogen-bond donors (Lipinski definition) is 1. The molecule has 9 heteroatoms. The summed E-state index contributed by atoms with van der Waals surface area (Å²) in [7, 11) is 0. The Labute approximate surface area is 189 Å². The van der Waals surface area contributed by atoms with E-state index in [0.717, 1.165) is 5.69 Å². The summed E-state index contributed by atoms with van der Waals surface area (Å²) in [5.41, 5.74) is 0.601. The molecule has 1 amide bonds. The second kappa shape index (κ2) is 8.09. The lowest BCUT2D eigenvalue weighted by molar-refractivity contribution is 0.000358. The van der Waals surface area contributed by atoms with Crippen molar-refractivity contribution in [2.24, 2.45) is 0 Å². The molecule has 162 valence electrons. The summed E-state index contributed by atoms with van der Waals surface area (Å²) >= 11 is 1.86. The van der Waals surface area contributed by atoms with Gasteiger partial charge in [0.1, 0.15) is 5.60 Å². The number of carbonyl (C=O) groups is 2. The molecule has 0 unspecified atom stereocenters. The summed E-state index contributed by atoms with van der Waals surface area (Å²) in [6, 6.07) is 7.50. The van der Waals surface area contributed by atoms with E-state index in [1.807, 2.05) is 81.5 Å². The molecule has 1 aromatic carbocycles. The number of piperazine rings is 1. The molecular weight excluding hydrogens is 501 g/mol. The maximum atomic E-state index is 12.6. The quantitative estimate of drug-likeness (QED) is 0.589. The fourth-order valence-electron chi connectivity index (χ4n) is 3.49. The van der Waals surface area contributed by atoms with Gasteiger partial charge in [-0.15, -0.1) is 0 Å². The largest absolute Gasteiger partial charge is 0.476 e. The number of anilines is 1. The number of aromatic carboxylic acids is 1. The van der Waals surface area contributed by atoms with E-state index in [1.54, 1.807) is 4.90 Å². The van der Waals surface area contributed by atoms with Crippen molar-refractivity contribution in [1.82, 2.24) is 9.88 Å². The van der Waals surface area contributed by atoms with Gasteiger partial charge in [-0.05, 0) is 58.9 Å². The van der Waals surface area contributed by atoms with Crippen LogP contribution in [0.25, 0.3) is 11.3 Å². The Balaban J connectivity index is 1.76. The minimum Gasteiger partial charge on any atom is -0.476 e. The lowest BCUT2D eigenvalue weighted by atomic mass is 9.98. The molecule has 2 aromatic rings. The molecule has 0 aliphatic carbocycles. The third-order valence-corrected chi connectivity index (χ3v) is 5.28. The minimum absolute atomic E-state index is 0.0979. The van der Waals surface area contributed by atoms with Crippen LogP contribution in [0.3, 0.4) is 0 Å². The highest BCUT2D eigenvalue weighted by Crippen LogP contribution is 2.31. The molecule has 1 N–H and O–H groups in total. The summed E-state index contributed by atoms with van der Waals surface area (Å²) in [5.74, 6) is -0.880. The number of carboxylic acids is 1. The highest BCUT2D eigenvalue weighted by Gasteiger charge is 2.39. The van der Waals surface area contributed by atoms with Crippen LogP contribution in [-0.4, -0.2) is 57.8 Å². The van der Waals surface area contributed by atoms with Crippen LogP contribution in [0, 0.1) is 3.90 Å². The Hall–Kier alpha value is -2.30. The monoisotopic (exact) mass is 527 g/mol. The number of amides is 1. The van der Waals surface area contributed by atoms with Crippen molar-refractivity contribution in [1.29, 1.82) is 0 Å². The minimum atomic E-state index is -1.12. The molecular formula is C21H26IN3O5. The topological polar surface area (TPSA) is 96.1 Å². The number of carboxylic acid groups (broad SMARTS) is 1. The number of carbonyl (C=O) groups excluding carboxylic acids is 1. The van der Waals surface area contributed by atoms with Crippen LogP contribution < -0.4 is 4.90 Å². The first-order valence-corrected chi connectivity index (χ1v) is 10.7. The zero-order valence-electron chi connectivity index (χ0n) is 17.7. The third-order valence-electron chi connectivity index (χ3n) is 4.81. The van der Waals surface area contributed by atoms with Crippen molar-refractivity contribution in [2.75, 3.05) is 24.5 Å². The van der Waals surface area contributed by atoms with E-state index >= 15 is 0 Å². The highest BCUT2D eigenvalue weighted by molar-refractivity contribution is 14.1. The van der Waals surface area contributed by atoms with Crippen molar-refractivity contribution in [3.63, 3.8) is 0 Å². The summed E-state index contributed by atoms with van der Waals surface area (Å²) in [4.78, 5) is 31.9. The second-order valence-electron chi connectivity index (χ2n) is 8.86. The molecule has 1 aliphatic heterocycles. The van der Waals surface area contributed by atoms with Gasteiger partial charge in [-0.1, -0.05) is 0 Å². The molecule has 0 saturated carbocycles. The molecule has 0 bridgehead atoms. The molecule has 1 fully saturated rings. The maximum absolute atomic E-state index is 12.6. The predicted octanol–water partition coefficient (Wildman–Crippen LogP) is 4.48. The number of nitrogens with zero attached hydrogens (tertiary/aromatic N) is 3. The number of hydrogen-bond acceptors (Lipinski definition) is 6. The second-order valence-corrected chi connectivity index (χ2v) is 9.79. The first kappa shape index (κ1) is 22.4. The van der Waals surface area contributed by atoms with Crippen molar-refractivity contribution < 1.29 is 23.8 Å². The molecule has 1 aliphatic rings. The number of ether oxygens (including phenoxy) is 1. The van der Waals surface area contributed by atoms with Crippen LogP contribution in [0.2, 0.25) is 0 Å². The van der Waals surface area contributed by atoms with Gasteiger partial charge in [0.15, 0.2) is 11.5 Å². The SMILES string of the molecule is CC(C)(C)OC(=O)N1CCN(c2ccc(-c3oc(I)nc3C(=O)O)cc2)CC1(C)C. The van der Waals surface area contributed by atoms with Crippen molar-refractivity contribution in [3.05, 3.63) is 33.9 Å². The predicted molar refractivity (Wildman–Crippen MR) is 121 cm³/mol. The number of oxazole rings is 1. The first-order chi connectivity index (χ1) is 13.9. The summed E-state index contributed by atoms with van der Waals surface area (Å²) in [6.45, 7) is 11.5. The third kappa shape index (κ3) is 4.88. The molecule has 1 aromatic heterocycles. The maximum Gasteiger partial charge on any atom is 0.410 e. The van der Waals surface area contributed by atoms with Crippen molar-refractivity contribution in [3.8, 4) is 11.3 Å². The fourth-order valence-corrected chi connectivity index (χ4v) is 3.95. The van der Waals surface area contributed by atoms with Gasteiger partial charge < -0.3 is 19.2 Å². The van der Waals surface area contributed by atoms with E-state index in [0.29, 0.717) is 25.2 Å². The van der Waals surface area contributed by atoms with Gasteiger partial charge in [-0.2, -0.15) is 4.98 Å².